The van der Waals surface area contributed by atoms with Crippen LogP contribution < -0.4 is 15.1 Å². The van der Waals surface area contributed by atoms with Gasteiger partial charge in [-0.05, 0) is 90.6 Å². The maximum Gasteiger partial charge on any atom is 0.260 e. The minimum Gasteiger partial charge on any atom is -0.504 e. The number of amides is 4. The Morgan fingerprint density at radius 1 is 0.880 bits per heavy atom. The molecule has 0 aromatic heterocycles. The van der Waals surface area contributed by atoms with Gasteiger partial charge in [-0.1, -0.05) is 59.6 Å². The molecule has 9 nitrogen and oxygen atoms in total. The molecule has 2 aliphatic carbocycles. The molecule has 4 amide bonds. The van der Waals surface area contributed by atoms with E-state index in [0.717, 1.165) is 10.6 Å². The number of nitrogens with one attached hydrogen (secondary N) is 1. The number of aromatic hydroxyl groups is 1. The highest BCUT2D eigenvalue weighted by Gasteiger charge is 2.70. The molecule has 2 heterocycles. The monoisotopic (exact) mass is 691 g/mol. The number of hydrazine groups is 1. The maximum atomic E-state index is 15.2. The number of hydrogen-bond donors (Lipinski definition) is 2. The molecule has 0 bridgehead atoms. The number of fused-ring (bicyclic) bond motifs is 4. The lowest BCUT2D eigenvalue weighted by atomic mass is 9.49. The summed E-state index contributed by atoms with van der Waals surface area (Å²) in [5.74, 6) is -6.03. The van der Waals surface area contributed by atoms with Gasteiger partial charge in [-0.3, -0.25) is 29.5 Å². The molecule has 2 saturated heterocycles. The lowest BCUT2D eigenvalue weighted by Gasteiger charge is -2.50. The fourth-order valence-corrected chi connectivity index (χ4v) is 8.87. The molecule has 8 rings (SSSR count). The van der Waals surface area contributed by atoms with Crippen LogP contribution in [0.5, 0.6) is 11.5 Å². The summed E-state index contributed by atoms with van der Waals surface area (Å²) in [6.45, 7) is 0. The van der Waals surface area contributed by atoms with Gasteiger partial charge in [0.1, 0.15) is 5.82 Å². The van der Waals surface area contributed by atoms with Crippen LogP contribution in [-0.4, -0.2) is 40.9 Å². The number of halogens is 2. The number of para-hydroxylation sites is 1. The second kappa shape index (κ2) is 11.8. The van der Waals surface area contributed by atoms with Crippen LogP contribution in [0.3, 0.4) is 0 Å². The zero-order valence-corrected chi connectivity index (χ0v) is 27.5. The van der Waals surface area contributed by atoms with Crippen LogP contribution in [0.4, 0.5) is 15.8 Å². The Kier molecular flexibility index (Phi) is 7.52. The van der Waals surface area contributed by atoms with Crippen molar-refractivity contribution < 1.29 is 33.4 Å². The van der Waals surface area contributed by atoms with Gasteiger partial charge >= 0.3 is 0 Å². The molecule has 0 spiro atoms. The topological polar surface area (TPSA) is 116 Å². The number of phenols is 1. The lowest BCUT2D eigenvalue weighted by Crippen LogP contribution is -2.53. The Labute approximate surface area is 291 Å². The number of allylic oxidation sites excluding steroid dienone is 2. The number of carbonyl (C=O) groups is 4. The highest BCUT2D eigenvalue weighted by molar-refractivity contribution is 6.30. The van der Waals surface area contributed by atoms with Crippen molar-refractivity contribution in [3.05, 3.63) is 131 Å². The van der Waals surface area contributed by atoms with Crippen molar-refractivity contribution in [2.24, 2.45) is 23.7 Å². The van der Waals surface area contributed by atoms with Gasteiger partial charge < -0.3 is 9.84 Å². The molecule has 2 aliphatic heterocycles. The molecule has 0 unspecified atom stereocenters. The maximum absolute atomic E-state index is 15.2. The fraction of sp³-hybridized carbons (Fsp3) is 0.231. The number of anilines is 2. The molecule has 1 saturated carbocycles. The summed E-state index contributed by atoms with van der Waals surface area (Å²) in [7, 11) is 1.43. The summed E-state index contributed by atoms with van der Waals surface area (Å²) in [4.78, 5) is 59.3. The van der Waals surface area contributed by atoms with Crippen molar-refractivity contribution in [1.82, 2.24) is 5.01 Å². The van der Waals surface area contributed by atoms with Gasteiger partial charge in [-0.15, -0.1) is 0 Å². The minimum atomic E-state index is -1.56. The third kappa shape index (κ3) is 4.58. The van der Waals surface area contributed by atoms with Crippen LogP contribution in [0.15, 0.2) is 109 Å². The second-order valence-corrected chi connectivity index (χ2v) is 13.6. The van der Waals surface area contributed by atoms with Crippen LogP contribution >= 0.6 is 11.6 Å². The van der Waals surface area contributed by atoms with E-state index in [1.807, 2.05) is 12.1 Å². The molecule has 0 radical (unpaired) electrons. The first-order chi connectivity index (χ1) is 24.1. The highest BCUT2D eigenvalue weighted by Crippen LogP contribution is 2.64. The quantitative estimate of drug-likeness (QED) is 0.178. The van der Waals surface area contributed by atoms with Crippen LogP contribution in [0.1, 0.15) is 29.9 Å². The number of hydrogen-bond acceptors (Lipinski definition) is 7. The smallest absolute Gasteiger partial charge is 0.260 e. The predicted molar refractivity (Wildman–Crippen MR) is 183 cm³/mol. The van der Waals surface area contributed by atoms with E-state index in [9.17, 15) is 23.9 Å². The molecule has 11 heteroatoms. The van der Waals surface area contributed by atoms with Gasteiger partial charge in [0.15, 0.2) is 11.5 Å². The largest absolute Gasteiger partial charge is 0.504 e. The zero-order valence-electron chi connectivity index (χ0n) is 26.8. The van der Waals surface area contributed by atoms with Gasteiger partial charge in [-0.25, -0.2) is 4.39 Å². The number of methoxy groups -OCH3 is 1. The summed E-state index contributed by atoms with van der Waals surface area (Å²) in [5.41, 5.74) is 3.95. The predicted octanol–water partition coefficient (Wildman–Crippen LogP) is 6.38. The Bertz CT molecular complexity index is 2090. The normalized spacial score (nSPS) is 27.1. The van der Waals surface area contributed by atoms with Crippen molar-refractivity contribution in [3.63, 3.8) is 0 Å². The Morgan fingerprint density at radius 3 is 2.28 bits per heavy atom. The Balaban J connectivity index is 1.33. The summed E-state index contributed by atoms with van der Waals surface area (Å²) in [6, 6.07) is 25.7. The van der Waals surface area contributed by atoms with E-state index in [1.54, 1.807) is 60.7 Å². The summed E-state index contributed by atoms with van der Waals surface area (Å²) in [5, 5.41) is 12.5. The SMILES string of the molecule is COc1ccc([C@H]2C3=CC[C@@H]4C(=O)N(c5ccccc5)C(=O)[C@@H]4[C@@H]3C[C@H]3C(=O)N(Nc4ccc(F)cc4)C(=O)[C@@]23c2ccc(Cl)cc2)cc1O. The van der Waals surface area contributed by atoms with E-state index >= 15 is 4.79 Å². The van der Waals surface area contributed by atoms with Gasteiger partial charge in [-0.2, -0.15) is 5.01 Å². The number of carbonyl (C=O) groups excluding carboxylic acids is 4. The van der Waals surface area contributed by atoms with Crippen LogP contribution in [0, 0.1) is 29.5 Å². The van der Waals surface area contributed by atoms with Crippen molar-refractivity contribution in [1.29, 1.82) is 0 Å². The summed E-state index contributed by atoms with van der Waals surface area (Å²) in [6.07, 6.45) is 2.30. The molecular formula is C39H31ClFN3O6. The van der Waals surface area contributed by atoms with Gasteiger partial charge in [0.05, 0.1) is 41.7 Å². The average Bonchev–Trinajstić information content (AvgIpc) is 3.50. The van der Waals surface area contributed by atoms with Crippen molar-refractivity contribution in [2.45, 2.75) is 24.2 Å². The number of phenolic OH excluding ortho intramolecular Hbond substituents is 1. The van der Waals surface area contributed by atoms with E-state index in [4.69, 9.17) is 16.3 Å². The van der Waals surface area contributed by atoms with Crippen molar-refractivity contribution in [2.75, 3.05) is 17.4 Å². The third-order valence-corrected chi connectivity index (χ3v) is 11.1. The van der Waals surface area contributed by atoms with E-state index < -0.39 is 52.6 Å². The molecule has 50 heavy (non-hydrogen) atoms. The molecule has 252 valence electrons. The average molecular weight is 692 g/mol. The molecule has 6 atom stereocenters. The summed E-state index contributed by atoms with van der Waals surface area (Å²) < 4.78 is 19.2. The van der Waals surface area contributed by atoms with E-state index in [-0.39, 0.29) is 36.2 Å². The molecular weight excluding hydrogens is 661 g/mol. The first-order valence-electron chi connectivity index (χ1n) is 16.3. The number of nitrogens with zero attached hydrogens (tertiary/aromatic N) is 2. The number of benzene rings is 4. The van der Waals surface area contributed by atoms with Crippen molar-refractivity contribution >= 4 is 46.6 Å². The third-order valence-electron chi connectivity index (χ3n) is 10.8. The molecule has 3 fully saturated rings. The van der Waals surface area contributed by atoms with Crippen molar-refractivity contribution in [3.8, 4) is 11.5 Å². The van der Waals surface area contributed by atoms with Gasteiger partial charge in [0.2, 0.25) is 11.8 Å². The number of imide groups is 2. The molecule has 4 aromatic rings. The standard InChI is InChI=1S/C39H31ClFN3O6/c1-50-32-18-7-21(19-31(32)45)34-27-16-17-28-33(37(48)43(35(28)46)26-5-3-2-4-6-26)29(27)20-30-36(47)44(42-25-14-12-24(41)13-15-25)38(49)39(30,34)22-8-10-23(40)11-9-22/h2-16,18-19,28-30,33-34,42,45H,17,20H2,1H3/t28-,29+,30-,33-,34-,39+/m0/s1. The summed E-state index contributed by atoms with van der Waals surface area (Å²) >= 11 is 6.34. The molecule has 4 aromatic carbocycles. The zero-order chi connectivity index (χ0) is 34.9. The van der Waals surface area contributed by atoms with E-state index in [0.29, 0.717) is 27.5 Å². The molecule has 2 N–H and O–H groups in total. The van der Waals surface area contributed by atoms with Crippen LogP contribution in [-0.2, 0) is 24.6 Å². The van der Waals surface area contributed by atoms with Crippen LogP contribution in [0.25, 0.3) is 0 Å². The van der Waals surface area contributed by atoms with E-state index in [2.05, 4.69) is 5.43 Å². The lowest BCUT2D eigenvalue weighted by molar-refractivity contribution is -0.138. The fourth-order valence-electron chi connectivity index (χ4n) is 8.75. The van der Waals surface area contributed by atoms with Gasteiger partial charge in [0, 0.05) is 10.9 Å². The van der Waals surface area contributed by atoms with E-state index in [1.165, 1.54) is 42.3 Å². The number of ether oxygens (including phenoxy) is 1. The Morgan fingerprint density at radius 2 is 1.60 bits per heavy atom. The van der Waals surface area contributed by atoms with Crippen LogP contribution in [0.2, 0.25) is 5.02 Å². The Hall–Kier alpha value is -5.48. The minimum absolute atomic E-state index is 0.0993. The molecule has 4 aliphatic rings. The first-order valence-corrected chi connectivity index (χ1v) is 16.7. The number of rotatable bonds is 6. The first kappa shape index (κ1) is 31.8. The second-order valence-electron chi connectivity index (χ2n) is 13.2. The highest BCUT2D eigenvalue weighted by atomic mass is 35.5. The van der Waals surface area contributed by atoms with Gasteiger partial charge in [0.25, 0.3) is 11.8 Å².